The van der Waals surface area contributed by atoms with Gasteiger partial charge in [0.2, 0.25) is 6.79 Å². The fourth-order valence-electron chi connectivity index (χ4n) is 2.77. The summed E-state index contributed by atoms with van der Waals surface area (Å²) < 4.78 is 20.5. The molecule has 0 bridgehead atoms. The molecule has 3 N–H and O–H groups in total. The summed E-state index contributed by atoms with van der Waals surface area (Å²) in [5.41, 5.74) is -0.462. The molecule has 188 valence electrons. The number of fused-ring (bicyclic) bond motifs is 1. The van der Waals surface area contributed by atoms with E-state index in [1.54, 1.807) is 33.8 Å². The van der Waals surface area contributed by atoms with Crippen LogP contribution in [0.3, 0.4) is 0 Å². The molecular weight excluding hydrogens is 474 g/mol. The van der Waals surface area contributed by atoms with Gasteiger partial charge in [-0.05, 0) is 33.8 Å². The van der Waals surface area contributed by atoms with E-state index in [1.807, 2.05) is 0 Å². The second-order valence-corrected chi connectivity index (χ2v) is 9.54. The lowest BCUT2D eigenvalue weighted by atomic mass is 10.1. The maximum Gasteiger partial charge on any atom is 0.408 e. The van der Waals surface area contributed by atoms with Crippen molar-refractivity contribution in [1.82, 2.24) is 10.6 Å². The van der Waals surface area contributed by atoms with Gasteiger partial charge in [-0.15, -0.1) is 0 Å². The monoisotopic (exact) mass is 501 g/mol. The van der Waals surface area contributed by atoms with E-state index in [1.165, 1.54) is 17.8 Å². The molecule has 14 heteroatoms. The quantitative estimate of drug-likeness (QED) is 0.244. The molecule has 0 saturated heterocycles. The summed E-state index contributed by atoms with van der Waals surface area (Å²) in [6.07, 6.45) is -1.81. The van der Waals surface area contributed by atoms with Crippen LogP contribution in [0.4, 0.5) is 15.3 Å². The van der Waals surface area contributed by atoms with Crippen LogP contribution in [0.15, 0.2) is 12.1 Å². The highest BCUT2D eigenvalue weighted by molar-refractivity contribution is 7.99. The molecule has 2 rings (SSSR count). The molecule has 1 heterocycles. The Hall–Kier alpha value is -3.42. The highest BCUT2D eigenvalue weighted by Gasteiger charge is 2.27. The summed E-state index contributed by atoms with van der Waals surface area (Å²) in [6, 6.07) is 1.47. The van der Waals surface area contributed by atoms with Crippen molar-refractivity contribution >= 4 is 35.6 Å². The first kappa shape index (κ1) is 26.8. The minimum atomic E-state index is -1.41. The van der Waals surface area contributed by atoms with Crippen LogP contribution in [0.2, 0.25) is 0 Å². The van der Waals surface area contributed by atoms with Crippen LogP contribution in [0.1, 0.15) is 38.5 Å². The number of hydrogen-bond acceptors (Lipinski definition) is 10. The molecule has 0 fully saturated rings. The van der Waals surface area contributed by atoms with E-state index in [2.05, 4.69) is 10.6 Å². The summed E-state index contributed by atoms with van der Waals surface area (Å²) in [6.45, 7) is 6.20. The molecule has 1 aliphatic heterocycles. The van der Waals surface area contributed by atoms with Gasteiger partial charge in [-0.3, -0.25) is 10.1 Å². The van der Waals surface area contributed by atoms with Crippen molar-refractivity contribution in [3.8, 4) is 11.5 Å². The second-order valence-electron chi connectivity index (χ2n) is 8.09. The van der Waals surface area contributed by atoms with E-state index in [0.29, 0.717) is 22.8 Å². The van der Waals surface area contributed by atoms with Crippen molar-refractivity contribution in [1.29, 1.82) is 0 Å². The van der Waals surface area contributed by atoms with Crippen LogP contribution in [0.5, 0.6) is 11.5 Å². The van der Waals surface area contributed by atoms with Gasteiger partial charge >= 0.3 is 18.2 Å². The third-order valence-corrected chi connectivity index (χ3v) is 5.44. The van der Waals surface area contributed by atoms with Crippen molar-refractivity contribution in [3.05, 3.63) is 27.8 Å². The average molecular weight is 502 g/mol. The number of carboxylic acid groups (broad SMARTS) is 1. The predicted octanol–water partition coefficient (Wildman–Crippen LogP) is 2.82. The Morgan fingerprint density at radius 3 is 2.47 bits per heavy atom. The van der Waals surface area contributed by atoms with Crippen LogP contribution in [0, 0.1) is 10.1 Å². The Kier molecular flexibility index (Phi) is 9.18. The number of nitro benzene ring substituents is 1. The average Bonchev–Trinajstić information content (AvgIpc) is 3.19. The second kappa shape index (κ2) is 11.6. The number of benzene rings is 1. The lowest BCUT2D eigenvalue weighted by Crippen LogP contribution is -2.49. The zero-order valence-electron chi connectivity index (χ0n) is 19.1. The minimum Gasteiger partial charge on any atom is -0.480 e. The number of nitrogens with zero attached hydrogens (tertiary/aromatic N) is 1. The van der Waals surface area contributed by atoms with Crippen LogP contribution in [-0.4, -0.2) is 65.5 Å². The number of hydrogen-bond donors (Lipinski definition) is 3. The molecule has 34 heavy (non-hydrogen) atoms. The lowest BCUT2D eigenvalue weighted by molar-refractivity contribution is -0.385. The third-order valence-electron chi connectivity index (χ3n) is 4.28. The van der Waals surface area contributed by atoms with Crippen molar-refractivity contribution in [2.24, 2.45) is 0 Å². The van der Waals surface area contributed by atoms with Gasteiger partial charge in [-0.25, -0.2) is 14.4 Å². The van der Waals surface area contributed by atoms with Crippen molar-refractivity contribution < 1.29 is 43.4 Å². The van der Waals surface area contributed by atoms with Gasteiger partial charge < -0.3 is 34.7 Å². The lowest BCUT2D eigenvalue weighted by Gasteiger charge is -2.22. The fourth-order valence-corrected chi connectivity index (χ4v) is 3.67. The largest absolute Gasteiger partial charge is 0.480 e. The number of nitrogens with one attached hydrogen (secondary N) is 2. The van der Waals surface area contributed by atoms with Crippen LogP contribution < -0.4 is 20.1 Å². The van der Waals surface area contributed by atoms with Crippen LogP contribution >= 0.6 is 11.8 Å². The molecule has 0 aliphatic carbocycles. The number of nitro groups is 1. The van der Waals surface area contributed by atoms with Gasteiger partial charge in [0.05, 0.1) is 17.5 Å². The van der Waals surface area contributed by atoms with Gasteiger partial charge in [-0.2, -0.15) is 11.8 Å². The summed E-state index contributed by atoms with van der Waals surface area (Å²) >= 11 is 1.32. The summed E-state index contributed by atoms with van der Waals surface area (Å²) in [5.74, 6) is -0.301. The smallest absolute Gasteiger partial charge is 0.408 e. The number of rotatable bonds is 10. The standard InChI is InChI=1S/C20H27N3O10S/c1-11(12-7-15-16(32-10-31-15)8-14(12)23(28)29)34-6-5-30-18(26)21-9-13(17(24)25)22-19(27)33-20(2,3)4/h7-8,11,13H,5-6,9-10H2,1-4H3,(H,21,26)(H,22,27)(H,24,25)/t11?,13-/m0/s1. The maximum atomic E-state index is 11.9. The number of carbonyl (C=O) groups is 3. The minimum absolute atomic E-state index is 0.00353. The van der Waals surface area contributed by atoms with Crippen LogP contribution in [0.25, 0.3) is 0 Å². The zero-order valence-corrected chi connectivity index (χ0v) is 19.9. The van der Waals surface area contributed by atoms with Crippen LogP contribution in [-0.2, 0) is 14.3 Å². The van der Waals surface area contributed by atoms with E-state index in [9.17, 15) is 29.6 Å². The molecule has 0 aromatic heterocycles. The molecular formula is C20H27N3O10S. The number of carboxylic acids is 1. The van der Waals surface area contributed by atoms with E-state index >= 15 is 0 Å². The third kappa shape index (κ3) is 8.17. The Morgan fingerprint density at radius 1 is 1.24 bits per heavy atom. The molecule has 0 saturated carbocycles. The van der Waals surface area contributed by atoms with Crippen molar-refractivity contribution in [3.63, 3.8) is 0 Å². The van der Waals surface area contributed by atoms with E-state index < -0.39 is 41.3 Å². The van der Waals surface area contributed by atoms with Gasteiger partial charge in [-0.1, -0.05) is 0 Å². The van der Waals surface area contributed by atoms with E-state index in [0.717, 1.165) is 0 Å². The van der Waals surface area contributed by atoms with Gasteiger partial charge in [0.1, 0.15) is 18.2 Å². The number of amides is 2. The molecule has 1 aliphatic rings. The first-order valence-corrected chi connectivity index (χ1v) is 11.2. The summed E-state index contributed by atoms with van der Waals surface area (Å²) in [7, 11) is 0. The highest BCUT2D eigenvalue weighted by Crippen LogP contribution is 2.43. The number of carbonyl (C=O) groups excluding carboxylic acids is 2. The molecule has 13 nitrogen and oxygen atoms in total. The maximum absolute atomic E-state index is 11.9. The van der Waals surface area contributed by atoms with E-state index in [-0.39, 0.29) is 24.3 Å². The molecule has 2 atom stereocenters. The Morgan fingerprint density at radius 2 is 1.88 bits per heavy atom. The molecule has 1 unspecified atom stereocenters. The van der Waals surface area contributed by atoms with Gasteiger partial charge in [0.15, 0.2) is 11.5 Å². The van der Waals surface area contributed by atoms with Gasteiger partial charge in [0.25, 0.3) is 5.69 Å². The van der Waals surface area contributed by atoms with E-state index in [4.69, 9.17) is 18.9 Å². The Labute approximate surface area is 199 Å². The number of ether oxygens (including phenoxy) is 4. The number of thioether (sulfide) groups is 1. The Balaban J connectivity index is 1.78. The molecule has 0 radical (unpaired) electrons. The Bertz CT molecular complexity index is 934. The molecule has 1 aromatic rings. The van der Waals surface area contributed by atoms with Crippen molar-refractivity contribution in [2.45, 2.75) is 44.6 Å². The summed E-state index contributed by atoms with van der Waals surface area (Å²) in [4.78, 5) is 45.8. The van der Waals surface area contributed by atoms with Crippen molar-refractivity contribution in [2.75, 3.05) is 25.7 Å². The summed E-state index contributed by atoms with van der Waals surface area (Å²) in [5, 5.41) is 24.7. The zero-order chi connectivity index (χ0) is 25.5. The highest BCUT2D eigenvalue weighted by atomic mass is 32.2. The predicted molar refractivity (Wildman–Crippen MR) is 120 cm³/mol. The SMILES string of the molecule is CC(SCCOC(=O)NC[C@H](NC(=O)OC(C)(C)C)C(=O)O)c1cc2c(cc1[N+](=O)[O-])OCO2. The molecule has 1 aromatic carbocycles. The molecule has 0 spiro atoms. The first-order valence-electron chi connectivity index (χ1n) is 10.2. The number of alkyl carbamates (subject to hydrolysis) is 2. The van der Waals surface area contributed by atoms with Gasteiger partial charge in [0, 0.05) is 16.6 Å². The fraction of sp³-hybridized carbons (Fsp3) is 0.550. The first-order chi connectivity index (χ1) is 15.9. The molecule has 2 amide bonds. The number of aliphatic carboxylic acids is 1. The normalized spacial score (nSPS) is 14.0. The topological polar surface area (TPSA) is 176 Å².